The second-order valence-corrected chi connectivity index (χ2v) is 9.47. The highest BCUT2D eigenvalue weighted by Crippen LogP contribution is 2.24. The SMILES string of the molecule is C=CCn1c(=O)c2cnc(Nc3ccc4c(c3)CCNC4)nc2n1-c1cc(C(C)(C)C)ncn1. The second-order valence-electron chi connectivity index (χ2n) is 9.47. The predicted octanol–water partition coefficient (Wildman–Crippen LogP) is 3.25. The van der Waals surface area contributed by atoms with E-state index in [0.717, 1.165) is 30.9 Å². The van der Waals surface area contributed by atoms with Crippen molar-refractivity contribution < 1.29 is 0 Å². The van der Waals surface area contributed by atoms with Crippen molar-refractivity contribution in [3.05, 3.63) is 76.6 Å². The molecule has 4 aromatic rings. The third kappa shape index (κ3) is 3.99. The molecule has 9 nitrogen and oxygen atoms in total. The Morgan fingerprint density at radius 3 is 2.82 bits per heavy atom. The zero-order valence-electron chi connectivity index (χ0n) is 19.7. The summed E-state index contributed by atoms with van der Waals surface area (Å²) >= 11 is 0. The Morgan fingerprint density at radius 2 is 2.03 bits per heavy atom. The molecule has 1 aromatic carbocycles. The summed E-state index contributed by atoms with van der Waals surface area (Å²) < 4.78 is 3.29. The first-order valence-corrected chi connectivity index (χ1v) is 11.4. The fourth-order valence-electron chi connectivity index (χ4n) is 4.17. The molecule has 0 aliphatic carbocycles. The van der Waals surface area contributed by atoms with Gasteiger partial charge in [0.25, 0.3) is 5.56 Å². The normalized spacial score (nSPS) is 13.6. The standard InChI is InChI=1S/C25H28N8O/c1-5-10-32-23(34)19-14-27-24(30-18-7-6-17-13-26-9-8-16(17)11-18)31-22(19)33(32)21-12-20(25(2,3)4)28-15-29-21/h5-7,11-12,14-15,26H,1,8-10,13H2,2-4H3,(H,27,30,31). The zero-order chi connectivity index (χ0) is 23.9. The summed E-state index contributed by atoms with van der Waals surface area (Å²) in [5.74, 6) is 0.982. The van der Waals surface area contributed by atoms with E-state index < -0.39 is 0 Å². The summed E-state index contributed by atoms with van der Waals surface area (Å²) in [6.07, 6.45) is 5.75. The first kappa shape index (κ1) is 22.0. The summed E-state index contributed by atoms with van der Waals surface area (Å²) in [4.78, 5) is 31.2. The highest BCUT2D eigenvalue weighted by atomic mass is 16.1. The molecule has 1 aliphatic heterocycles. The van der Waals surface area contributed by atoms with Crippen LogP contribution in [0.15, 0.2) is 54.2 Å². The molecule has 0 unspecified atom stereocenters. The van der Waals surface area contributed by atoms with Crippen LogP contribution < -0.4 is 16.2 Å². The molecule has 174 valence electrons. The van der Waals surface area contributed by atoms with E-state index in [2.05, 4.69) is 65.1 Å². The fourth-order valence-corrected chi connectivity index (χ4v) is 4.17. The van der Waals surface area contributed by atoms with Gasteiger partial charge in [0, 0.05) is 29.9 Å². The van der Waals surface area contributed by atoms with E-state index in [9.17, 15) is 4.79 Å². The number of fused-ring (bicyclic) bond motifs is 2. The number of nitrogens with one attached hydrogen (secondary N) is 2. The number of hydrogen-bond acceptors (Lipinski definition) is 7. The highest BCUT2D eigenvalue weighted by Gasteiger charge is 2.21. The summed E-state index contributed by atoms with van der Waals surface area (Å²) in [6.45, 7) is 12.2. The summed E-state index contributed by atoms with van der Waals surface area (Å²) in [7, 11) is 0. The van der Waals surface area contributed by atoms with Gasteiger partial charge in [-0.3, -0.25) is 4.79 Å². The molecule has 0 bridgehead atoms. The van der Waals surface area contributed by atoms with Crippen molar-refractivity contribution in [1.29, 1.82) is 0 Å². The average Bonchev–Trinajstić information content (AvgIpc) is 3.10. The first-order valence-electron chi connectivity index (χ1n) is 11.4. The molecule has 0 amide bonds. The maximum atomic E-state index is 13.2. The van der Waals surface area contributed by atoms with Gasteiger partial charge in [0.15, 0.2) is 11.5 Å². The van der Waals surface area contributed by atoms with Gasteiger partial charge in [0.1, 0.15) is 11.7 Å². The van der Waals surface area contributed by atoms with E-state index >= 15 is 0 Å². The van der Waals surface area contributed by atoms with Crippen molar-refractivity contribution in [2.24, 2.45) is 0 Å². The van der Waals surface area contributed by atoms with E-state index in [1.54, 1.807) is 21.6 Å². The number of anilines is 2. The lowest BCUT2D eigenvalue weighted by molar-refractivity contribution is 0.557. The molecule has 1 aliphatic rings. The Hall–Kier alpha value is -3.85. The maximum Gasteiger partial charge on any atom is 0.278 e. The Bertz CT molecular complexity index is 1440. The molecule has 2 N–H and O–H groups in total. The molecule has 9 heteroatoms. The van der Waals surface area contributed by atoms with Crippen molar-refractivity contribution in [2.45, 2.75) is 45.7 Å². The quantitative estimate of drug-likeness (QED) is 0.445. The smallest absolute Gasteiger partial charge is 0.278 e. The molecule has 34 heavy (non-hydrogen) atoms. The van der Waals surface area contributed by atoms with E-state index in [1.807, 2.05) is 12.1 Å². The summed E-state index contributed by atoms with van der Waals surface area (Å²) in [5, 5.41) is 7.10. The van der Waals surface area contributed by atoms with Crippen LogP contribution in [0.25, 0.3) is 16.9 Å². The molecule has 0 atom stereocenters. The van der Waals surface area contributed by atoms with E-state index in [-0.39, 0.29) is 11.0 Å². The van der Waals surface area contributed by atoms with Crippen LogP contribution in [0.4, 0.5) is 11.6 Å². The lowest BCUT2D eigenvalue weighted by atomic mass is 9.92. The van der Waals surface area contributed by atoms with E-state index in [0.29, 0.717) is 29.3 Å². The molecule has 0 radical (unpaired) electrons. The molecule has 0 fully saturated rings. The van der Waals surface area contributed by atoms with Crippen LogP contribution in [0.5, 0.6) is 0 Å². The summed E-state index contributed by atoms with van der Waals surface area (Å²) in [5.41, 5.74) is 4.51. The lowest BCUT2D eigenvalue weighted by Gasteiger charge is -2.19. The minimum absolute atomic E-state index is 0.173. The second kappa shape index (κ2) is 8.49. The third-order valence-electron chi connectivity index (χ3n) is 5.96. The maximum absolute atomic E-state index is 13.2. The molecule has 3 aromatic heterocycles. The van der Waals surface area contributed by atoms with Crippen LogP contribution in [0.1, 0.15) is 37.6 Å². The number of rotatable bonds is 5. The van der Waals surface area contributed by atoms with Gasteiger partial charge in [-0.05, 0) is 36.2 Å². The molecule has 4 heterocycles. The molecular weight excluding hydrogens is 428 g/mol. The van der Waals surface area contributed by atoms with Crippen LogP contribution in [0.2, 0.25) is 0 Å². The number of aromatic nitrogens is 6. The van der Waals surface area contributed by atoms with Gasteiger partial charge < -0.3 is 10.6 Å². The minimum Gasteiger partial charge on any atom is -0.324 e. The number of nitrogens with zero attached hydrogens (tertiary/aromatic N) is 6. The zero-order valence-corrected chi connectivity index (χ0v) is 19.7. The van der Waals surface area contributed by atoms with Crippen molar-refractivity contribution in [3.63, 3.8) is 0 Å². The Labute approximate surface area is 197 Å². The number of benzene rings is 1. The van der Waals surface area contributed by atoms with E-state index in [1.165, 1.54) is 17.5 Å². The van der Waals surface area contributed by atoms with Crippen molar-refractivity contribution in [2.75, 3.05) is 11.9 Å². The van der Waals surface area contributed by atoms with Crippen LogP contribution in [-0.2, 0) is 24.9 Å². The van der Waals surface area contributed by atoms with Crippen molar-refractivity contribution in [1.82, 2.24) is 34.6 Å². The van der Waals surface area contributed by atoms with Crippen LogP contribution >= 0.6 is 0 Å². The largest absolute Gasteiger partial charge is 0.324 e. The van der Waals surface area contributed by atoms with Crippen molar-refractivity contribution in [3.8, 4) is 5.82 Å². The topological polar surface area (TPSA) is 103 Å². The predicted molar refractivity (Wildman–Crippen MR) is 133 cm³/mol. The summed E-state index contributed by atoms with van der Waals surface area (Å²) in [6, 6.07) is 8.17. The van der Waals surface area contributed by atoms with Gasteiger partial charge in [-0.2, -0.15) is 4.98 Å². The Kier molecular flexibility index (Phi) is 5.49. The Balaban J connectivity index is 1.62. The van der Waals surface area contributed by atoms with Crippen LogP contribution in [0.3, 0.4) is 0 Å². The van der Waals surface area contributed by atoms with Crippen LogP contribution in [-0.4, -0.2) is 35.8 Å². The minimum atomic E-state index is -0.196. The van der Waals surface area contributed by atoms with Gasteiger partial charge in [-0.15, -0.1) is 6.58 Å². The molecular formula is C25H28N8O. The van der Waals surface area contributed by atoms with Crippen molar-refractivity contribution >= 4 is 22.7 Å². The third-order valence-corrected chi connectivity index (χ3v) is 5.96. The molecule has 5 rings (SSSR count). The number of hydrogen-bond donors (Lipinski definition) is 2. The van der Waals surface area contributed by atoms with Crippen LogP contribution in [0, 0.1) is 0 Å². The molecule has 0 saturated carbocycles. The van der Waals surface area contributed by atoms with Gasteiger partial charge in [-0.1, -0.05) is 32.9 Å². The number of allylic oxidation sites excluding steroid dienone is 1. The Morgan fingerprint density at radius 1 is 1.18 bits per heavy atom. The van der Waals surface area contributed by atoms with Gasteiger partial charge in [0.05, 0.1) is 12.2 Å². The molecule has 0 spiro atoms. The van der Waals surface area contributed by atoms with Gasteiger partial charge in [-0.25, -0.2) is 24.3 Å². The van der Waals surface area contributed by atoms with E-state index in [4.69, 9.17) is 4.98 Å². The van der Waals surface area contributed by atoms with Gasteiger partial charge in [0.2, 0.25) is 5.95 Å². The fraction of sp³-hybridized carbons (Fsp3) is 0.320. The average molecular weight is 457 g/mol. The molecule has 0 saturated heterocycles. The highest BCUT2D eigenvalue weighted by molar-refractivity contribution is 5.77. The van der Waals surface area contributed by atoms with Gasteiger partial charge >= 0.3 is 0 Å². The monoisotopic (exact) mass is 456 g/mol. The lowest BCUT2D eigenvalue weighted by Crippen LogP contribution is -2.23. The first-order chi connectivity index (χ1) is 16.3.